The standard InChI is InChI=1S/C13H19BrN2O2.ClH/c1-17-13-3-2-11(14)6-10(13)8-16-4-5-18-12(7-15)9-16;/h2-3,6,12H,4-5,7-9,15H2,1H3;1H. The van der Waals surface area contributed by atoms with Gasteiger partial charge in [0.25, 0.3) is 0 Å². The van der Waals surface area contributed by atoms with Crippen molar-refractivity contribution in [2.75, 3.05) is 33.4 Å². The highest BCUT2D eigenvalue weighted by Gasteiger charge is 2.20. The lowest BCUT2D eigenvalue weighted by Gasteiger charge is -2.32. The van der Waals surface area contributed by atoms with Gasteiger partial charge in [-0.1, -0.05) is 15.9 Å². The molecule has 0 saturated carbocycles. The molecular formula is C13H20BrClN2O2. The molecule has 1 aliphatic heterocycles. The number of nitrogens with zero attached hydrogens (tertiary/aromatic N) is 1. The monoisotopic (exact) mass is 350 g/mol. The molecule has 19 heavy (non-hydrogen) atoms. The Bertz CT molecular complexity index is 406. The largest absolute Gasteiger partial charge is 0.496 e. The molecular weight excluding hydrogens is 332 g/mol. The number of morpholine rings is 1. The topological polar surface area (TPSA) is 47.7 Å². The van der Waals surface area contributed by atoms with Crippen molar-refractivity contribution in [2.45, 2.75) is 12.6 Å². The van der Waals surface area contributed by atoms with E-state index in [2.05, 4.69) is 26.9 Å². The summed E-state index contributed by atoms with van der Waals surface area (Å²) < 4.78 is 12.0. The van der Waals surface area contributed by atoms with Gasteiger partial charge in [-0.3, -0.25) is 4.90 Å². The predicted octanol–water partition coefficient (Wildman–Crippen LogP) is 2.04. The quantitative estimate of drug-likeness (QED) is 0.902. The summed E-state index contributed by atoms with van der Waals surface area (Å²) in [5.74, 6) is 0.925. The molecule has 2 rings (SSSR count). The number of nitrogens with two attached hydrogens (primary N) is 1. The lowest BCUT2D eigenvalue weighted by Crippen LogP contribution is -2.45. The highest BCUT2D eigenvalue weighted by atomic mass is 79.9. The van der Waals surface area contributed by atoms with E-state index in [1.165, 1.54) is 5.56 Å². The predicted molar refractivity (Wildman–Crippen MR) is 82.0 cm³/mol. The molecule has 0 aliphatic carbocycles. The van der Waals surface area contributed by atoms with Crippen molar-refractivity contribution in [3.8, 4) is 5.75 Å². The second-order valence-corrected chi connectivity index (χ2v) is 5.34. The van der Waals surface area contributed by atoms with Gasteiger partial charge in [-0.15, -0.1) is 12.4 Å². The number of ether oxygens (including phenoxy) is 2. The minimum absolute atomic E-state index is 0. The highest BCUT2D eigenvalue weighted by Crippen LogP contribution is 2.24. The van der Waals surface area contributed by atoms with E-state index in [4.69, 9.17) is 15.2 Å². The van der Waals surface area contributed by atoms with Crippen molar-refractivity contribution < 1.29 is 9.47 Å². The Morgan fingerprint density at radius 2 is 2.32 bits per heavy atom. The first kappa shape index (κ1) is 16.7. The average Bonchev–Trinajstić information content (AvgIpc) is 2.39. The van der Waals surface area contributed by atoms with Gasteiger partial charge < -0.3 is 15.2 Å². The van der Waals surface area contributed by atoms with E-state index in [1.54, 1.807) is 7.11 Å². The Labute approximate surface area is 128 Å². The van der Waals surface area contributed by atoms with E-state index >= 15 is 0 Å². The maximum atomic E-state index is 5.66. The number of hydrogen-bond acceptors (Lipinski definition) is 4. The fraction of sp³-hybridized carbons (Fsp3) is 0.538. The molecule has 1 aliphatic rings. The van der Waals surface area contributed by atoms with Crippen LogP contribution >= 0.6 is 28.3 Å². The van der Waals surface area contributed by atoms with Gasteiger partial charge in [0.2, 0.25) is 0 Å². The zero-order valence-electron chi connectivity index (χ0n) is 11.0. The fourth-order valence-electron chi connectivity index (χ4n) is 2.18. The zero-order chi connectivity index (χ0) is 13.0. The lowest BCUT2D eigenvalue weighted by molar-refractivity contribution is -0.0262. The molecule has 1 saturated heterocycles. The molecule has 1 heterocycles. The summed E-state index contributed by atoms with van der Waals surface area (Å²) in [5.41, 5.74) is 6.84. The Morgan fingerprint density at radius 1 is 1.53 bits per heavy atom. The Morgan fingerprint density at radius 3 is 3.00 bits per heavy atom. The van der Waals surface area contributed by atoms with Gasteiger partial charge in [-0.25, -0.2) is 0 Å². The molecule has 2 N–H and O–H groups in total. The molecule has 0 radical (unpaired) electrons. The van der Waals surface area contributed by atoms with Crippen LogP contribution in [0.4, 0.5) is 0 Å². The second-order valence-electron chi connectivity index (χ2n) is 4.42. The Kier molecular flexibility index (Phi) is 7.10. The molecule has 0 spiro atoms. The van der Waals surface area contributed by atoms with Crippen molar-refractivity contribution in [3.63, 3.8) is 0 Å². The first-order valence-electron chi connectivity index (χ1n) is 6.09. The van der Waals surface area contributed by atoms with Crippen LogP contribution in [-0.4, -0.2) is 44.4 Å². The summed E-state index contributed by atoms with van der Waals surface area (Å²) in [4.78, 5) is 2.35. The van der Waals surface area contributed by atoms with Crippen LogP contribution in [0, 0.1) is 0 Å². The highest BCUT2D eigenvalue weighted by molar-refractivity contribution is 9.10. The van der Waals surface area contributed by atoms with Gasteiger partial charge in [0.05, 0.1) is 19.8 Å². The van der Waals surface area contributed by atoms with Crippen molar-refractivity contribution in [1.82, 2.24) is 4.90 Å². The summed E-state index contributed by atoms with van der Waals surface area (Å²) in [6, 6.07) is 6.08. The van der Waals surface area contributed by atoms with Crippen molar-refractivity contribution >= 4 is 28.3 Å². The molecule has 4 nitrogen and oxygen atoms in total. The van der Waals surface area contributed by atoms with Crippen molar-refractivity contribution in [3.05, 3.63) is 28.2 Å². The van der Waals surface area contributed by atoms with Crippen LogP contribution in [0.15, 0.2) is 22.7 Å². The molecule has 0 aromatic heterocycles. The molecule has 1 unspecified atom stereocenters. The van der Waals surface area contributed by atoms with Gasteiger partial charge >= 0.3 is 0 Å². The van der Waals surface area contributed by atoms with Crippen molar-refractivity contribution in [2.24, 2.45) is 5.73 Å². The number of halogens is 2. The molecule has 0 bridgehead atoms. The number of hydrogen-bond donors (Lipinski definition) is 1. The van der Waals surface area contributed by atoms with Gasteiger partial charge in [0.1, 0.15) is 5.75 Å². The van der Waals surface area contributed by atoms with E-state index in [0.29, 0.717) is 6.54 Å². The van der Waals surface area contributed by atoms with Gasteiger partial charge in [-0.2, -0.15) is 0 Å². The van der Waals surface area contributed by atoms with Crippen LogP contribution < -0.4 is 10.5 Å². The first-order valence-corrected chi connectivity index (χ1v) is 6.88. The summed E-state index contributed by atoms with van der Waals surface area (Å²) in [7, 11) is 1.70. The van der Waals surface area contributed by atoms with E-state index in [9.17, 15) is 0 Å². The van der Waals surface area contributed by atoms with Gasteiger partial charge in [-0.05, 0) is 18.2 Å². The van der Waals surface area contributed by atoms with Crippen LogP contribution in [0.1, 0.15) is 5.56 Å². The maximum Gasteiger partial charge on any atom is 0.123 e. The molecule has 1 fully saturated rings. The smallest absolute Gasteiger partial charge is 0.123 e. The van der Waals surface area contributed by atoms with E-state index in [0.717, 1.165) is 36.5 Å². The number of methoxy groups -OCH3 is 1. The minimum atomic E-state index is 0. The molecule has 6 heteroatoms. The van der Waals surface area contributed by atoms with Crippen molar-refractivity contribution in [1.29, 1.82) is 0 Å². The zero-order valence-corrected chi connectivity index (χ0v) is 13.4. The third kappa shape index (κ3) is 4.61. The van der Waals surface area contributed by atoms with Crippen LogP contribution in [-0.2, 0) is 11.3 Å². The third-order valence-electron chi connectivity index (χ3n) is 3.12. The van der Waals surface area contributed by atoms with Gasteiger partial charge in [0.15, 0.2) is 0 Å². The summed E-state index contributed by atoms with van der Waals surface area (Å²) >= 11 is 3.50. The van der Waals surface area contributed by atoms with E-state index < -0.39 is 0 Å². The lowest BCUT2D eigenvalue weighted by atomic mass is 10.1. The van der Waals surface area contributed by atoms with Gasteiger partial charge in [0, 0.05) is 36.2 Å². The normalized spacial score (nSPS) is 19.8. The third-order valence-corrected chi connectivity index (χ3v) is 3.62. The second kappa shape index (κ2) is 8.07. The van der Waals surface area contributed by atoms with E-state index in [1.807, 2.05) is 12.1 Å². The van der Waals surface area contributed by atoms with E-state index in [-0.39, 0.29) is 18.5 Å². The molecule has 1 aromatic carbocycles. The van der Waals surface area contributed by atoms with Crippen LogP contribution in [0.3, 0.4) is 0 Å². The molecule has 108 valence electrons. The Balaban J connectivity index is 0.00000180. The van der Waals surface area contributed by atoms with Crippen LogP contribution in [0.25, 0.3) is 0 Å². The first-order chi connectivity index (χ1) is 8.72. The van der Waals surface area contributed by atoms with Crippen LogP contribution in [0.5, 0.6) is 5.75 Å². The summed E-state index contributed by atoms with van der Waals surface area (Å²) in [6.45, 7) is 4.01. The molecule has 1 atom stereocenters. The minimum Gasteiger partial charge on any atom is -0.496 e. The molecule has 1 aromatic rings. The maximum absolute atomic E-state index is 5.66. The Hall–Kier alpha value is -0.330. The SMILES string of the molecule is COc1ccc(Br)cc1CN1CCOC(CN)C1.Cl. The number of rotatable bonds is 4. The van der Waals surface area contributed by atoms with Crippen LogP contribution in [0.2, 0.25) is 0 Å². The average molecular weight is 352 g/mol. The summed E-state index contributed by atoms with van der Waals surface area (Å²) in [5, 5.41) is 0. The number of benzene rings is 1. The fourth-order valence-corrected chi connectivity index (χ4v) is 2.59. The molecule has 0 amide bonds. The summed E-state index contributed by atoms with van der Waals surface area (Å²) in [6.07, 6.45) is 0.150.